The zero-order valence-corrected chi connectivity index (χ0v) is 9.64. The van der Waals surface area contributed by atoms with E-state index in [1.807, 2.05) is 24.3 Å². The molecular weight excluding hydrogens is 202 g/mol. The monoisotopic (exact) mass is 219 g/mol. The second-order valence-electron chi connectivity index (χ2n) is 4.09. The molecular formula is C13H17NO2. The molecule has 0 aliphatic rings. The fourth-order valence-corrected chi connectivity index (χ4v) is 1.84. The van der Waals surface area contributed by atoms with Crippen LogP contribution in [0.1, 0.15) is 31.4 Å². The average molecular weight is 219 g/mol. The van der Waals surface area contributed by atoms with E-state index in [2.05, 4.69) is 19.2 Å². The molecule has 0 aromatic carbocycles. The maximum Gasteiger partial charge on any atom is 0.120 e. The molecule has 0 saturated carbocycles. The Kier molecular flexibility index (Phi) is 3.47. The van der Waals surface area contributed by atoms with Crippen LogP contribution in [0.3, 0.4) is 0 Å². The quantitative estimate of drug-likeness (QED) is 0.839. The van der Waals surface area contributed by atoms with E-state index in [0.29, 0.717) is 6.04 Å². The van der Waals surface area contributed by atoms with Gasteiger partial charge in [0.05, 0.1) is 18.6 Å². The second kappa shape index (κ2) is 5.03. The molecule has 16 heavy (non-hydrogen) atoms. The van der Waals surface area contributed by atoms with Crippen LogP contribution in [0, 0.1) is 0 Å². The maximum atomic E-state index is 5.35. The Hall–Kier alpha value is -1.48. The summed E-state index contributed by atoms with van der Waals surface area (Å²) in [5, 5.41) is 3.47. The SMILES string of the molecule is CC(Cc1ccco1)N[C@@H](C)c1ccco1. The lowest BCUT2D eigenvalue weighted by Crippen LogP contribution is -2.30. The molecule has 0 fully saturated rings. The van der Waals surface area contributed by atoms with Gasteiger partial charge in [-0.2, -0.15) is 0 Å². The minimum absolute atomic E-state index is 0.222. The lowest BCUT2D eigenvalue weighted by atomic mass is 10.1. The van der Waals surface area contributed by atoms with Gasteiger partial charge < -0.3 is 14.2 Å². The molecule has 3 nitrogen and oxygen atoms in total. The highest BCUT2D eigenvalue weighted by molar-refractivity contribution is 5.04. The fourth-order valence-electron chi connectivity index (χ4n) is 1.84. The molecule has 2 atom stereocenters. The van der Waals surface area contributed by atoms with Crippen molar-refractivity contribution in [2.24, 2.45) is 0 Å². The van der Waals surface area contributed by atoms with Gasteiger partial charge in [0, 0.05) is 12.5 Å². The Morgan fingerprint density at radius 2 is 1.88 bits per heavy atom. The van der Waals surface area contributed by atoms with Crippen LogP contribution in [-0.2, 0) is 6.42 Å². The summed E-state index contributed by atoms with van der Waals surface area (Å²) >= 11 is 0. The van der Waals surface area contributed by atoms with Gasteiger partial charge in [-0.25, -0.2) is 0 Å². The predicted molar refractivity (Wildman–Crippen MR) is 62.1 cm³/mol. The molecule has 3 heteroatoms. The van der Waals surface area contributed by atoms with Gasteiger partial charge in [-0.05, 0) is 38.1 Å². The molecule has 0 spiro atoms. The van der Waals surface area contributed by atoms with E-state index in [1.165, 1.54) is 0 Å². The van der Waals surface area contributed by atoms with E-state index in [9.17, 15) is 0 Å². The molecule has 0 aliphatic carbocycles. The summed E-state index contributed by atoms with van der Waals surface area (Å²) in [5.74, 6) is 1.97. The number of rotatable bonds is 5. The van der Waals surface area contributed by atoms with Crippen molar-refractivity contribution < 1.29 is 8.83 Å². The van der Waals surface area contributed by atoms with Crippen molar-refractivity contribution in [3.05, 3.63) is 48.3 Å². The maximum absolute atomic E-state index is 5.35. The normalized spacial score (nSPS) is 14.9. The first-order valence-electron chi connectivity index (χ1n) is 5.57. The molecule has 0 radical (unpaired) electrons. The molecule has 1 N–H and O–H groups in total. The highest BCUT2D eigenvalue weighted by Crippen LogP contribution is 2.14. The third kappa shape index (κ3) is 2.76. The van der Waals surface area contributed by atoms with Crippen molar-refractivity contribution in [3.63, 3.8) is 0 Å². The predicted octanol–water partition coefficient (Wildman–Crippen LogP) is 3.15. The number of furan rings is 2. The molecule has 2 rings (SSSR count). The van der Waals surface area contributed by atoms with Gasteiger partial charge in [0.25, 0.3) is 0 Å². The largest absolute Gasteiger partial charge is 0.469 e. The van der Waals surface area contributed by atoms with Crippen molar-refractivity contribution >= 4 is 0 Å². The van der Waals surface area contributed by atoms with E-state index < -0.39 is 0 Å². The van der Waals surface area contributed by atoms with Crippen LogP contribution in [0.5, 0.6) is 0 Å². The van der Waals surface area contributed by atoms with E-state index in [1.54, 1.807) is 12.5 Å². The van der Waals surface area contributed by atoms with Crippen molar-refractivity contribution in [3.8, 4) is 0 Å². The van der Waals surface area contributed by atoms with Gasteiger partial charge in [0.15, 0.2) is 0 Å². The molecule has 0 aliphatic heterocycles. The number of nitrogens with one attached hydrogen (secondary N) is 1. The van der Waals surface area contributed by atoms with Gasteiger partial charge in [-0.1, -0.05) is 0 Å². The fraction of sp³-hybridized carbons (Fsp3) is 0.385. The van der Waals surface area contributed by atoms with E-state index in [-0.39, 0.29) is 6.04 Å². The van der Waals surface area contributed by atoms with Gasteiger partial charge >= 0.3 is 0 Å². The van der Waals surface area contributed by atoms with Crippen LogP contribution in [0.2, 0.25) is 0 Å². The van der Waals surface area contributed by atoms with Crippen molar-refractivity contribution in [1.82, 2.24) is 5.32 Å². The average Bonchev–Trinajstić information content (AvgIpc) is 2.88. The summed E-state index contributed by atoms with van der Waals surface area (Å²) < 4.78 is 10.7. The van der Waals surface area contributed by atoms with E-state index in [4.69, 9.17) is 8.83 Å². The second-order valence-corrected chi connectivity index (χ2v) is 4.09. The highest BCUT2D eigenvalue weighted by Gasteiger charge is 2.12. The standard InChI is InChI=1S/C13H17NO2/c1-10(9-12-5-3-7-15-12)14-11(2)13-6-4-8-16-13/h3-8,10-11,14H,9H2,1-2H3/t10?,11-/m0/s1. The zero-order chi connectivity index (χ0) is 11.4. The first-order valence-corrected chi connectivity index (χ1v) is 5.57. The van der Waals surface area contributed by atoms with Crippen LogP contribution >= 0.6 is 0 Å². The Bertz CT molecular complexity index is 392. The molecule has 1 unspecified atom stereocenters. The van der Waals surface area contributed by atoms with Gasteiger partial charge in [-0.3, -0.25) is 0 Å². The van der Waals surface area contributed by atoms with Crippen LogP contribution in [0.15, 0.2) is 45.6 Å². The smallest absolute Gasteiger partial charge is 0.120 e. The van der Waals surface area contributed by atoms with Gasteiger partial charge in [-0.15, -0.1) is 0 Å². The van der Waals surface area contributed by atoms with Gasteiger partial charge in [0.2, 0.25) is 0 Å². The molecule has 2 heterocycles. The first kappa shape index (κ1) is 11.0. The molecule has 2 aromatic rings. The summed E-state index contributed by atoms with van der Waals surface area (Å²) in [6.07, 6.45) is 4.29. The Morgan fingerprint density at radius 3 is 2.50 bits per heavy atom. The van der Waals surface area contributed by atoms with Crippen molar-refractivity contribution in [1.29, 1.82) is 0 Å². The van der Waals surface area contributed by atoms with Gasteiger partial charge in [0.1, 0.15) is 11.5 Å². The highest BCUT2D eigenvalue weighted by atomic mass is 16.3. The van der Waals surface area contributed by atoms with Crippen LogP contribution in [-0.4, -0.2) is 6.04 Å². The lowest BCUT2D eigenvalue weighted by molar-refractivity contribution is 0.382. The summed E-state index contributed by atoms with van der Waals surface area (Å²) in [7, 11) is 0. The number of hydrogen-bond acceptors (Lipinski definition) is 3. The minimum Gasteiger partial charge on any atom is -0.469 e. The van der Waals surface area contributed by atoms with E-state index in [0.717, 1.165) is 17.9 Å². The van der Waals surface area contributed by atoms with Crippen LogP contribution < -0.4 is 5.32 Å². The van der Waals surface area contributed by atoms with Crippen molar-refractivity contribution in [2.75, 3.05) is 0 Å². The molecule has 86 valence electrons. The molecule has 0 bridgehead atoms. The lowest BCUT2D eigenvalue weighted by Gasteiger charge is -2.17. The summed E-state index contributed by atoms with van der Waals surface area (Å²) in [6.45, 7) is 4.24. The van der Waals surface area contributed by atoms with Crippen molar-refractivity contribution in [2.45, 2.75) is 32.4 Å². The number of hydrogen-bond donors (Lipinski definition) is 1. The summed E-state index contributed by atoms with van der Waals surface area (Å²) in [6, 6.07) is 8.38. The first-order chi connectivity index (χ1) is 7.75. The molecule has 0 amide bonds. The third-order valence-electron chi connectivity index (χ3n) is 2.59. The van der Waals surface area contributed by atoms with Crippen LogP contribution in [0.25, 0.3) is 0 Å². The minimum atomic E-state index is 0.222. The molecule has 2 aromatic heterocycles. The summed E-state index contributed by atoms with van der Waals surface area (Å²) in [5.41, 5.74) is 0. The zero-order valence-electron chi connectivity index (χ0n) is 9.64. The Balaban J connectivity index is 1.85. The Labute approximate surface area is 95.5 Å². The van der Waals surface area contributed by atoms with Crippen LogP contribution in [0.4, 0.5) is 0 Å². The third-order valence-corrected chi connectivity index (χ3v) is 2.59. The Morgan fingerprint density at radius 1 is 1.12 bits per heavy atom. The topological polar surface area (TPSA) is 38.3 Å². The molecule has 0 saturated heterocycles. The van der Waals surface area contributed by atoms with E-state index >= 15 is 0 Å². The summed E-state index contributed by atoms with van der Waals surface area (Å²) in [4.78, 5) is 0.